The second-order valence-corrected chi connectivity index (χ2v) is 6.45. The molecule has 0 saturated carbocycles. The van der Waals surface area contributed by atoms with E-state index in [1.54, 1.807) is 7.05 Å². The number of carbonyl (C=O) groups is 1. The highest BCUT2D eigenvalue weighted by molar-refractivity contribution is 5.87. The van der Waals surface area contributed by atoms with Crippen molar-refractivity contribution in [3.8, 4) is 0 Å². The average Bonchev–Trinajstić information content (AvgIpc) is 2.74. The molecule has 27 heavy (non-hydrogen) atoms. The van der Waals surface area contributed by atoms with Crippen LogP contribution < -0.4 is 10.6 Å². The summed E-state index contributed by atoms with van der Waals surface area (Å²) in [5.41, 5.74) is 3.73. The number of rotatable bonds is 5. The Kier molecular flexibility index (Phi) is 6.63. The van der Waals surface area contributed by atoms with Gasteiger partial charge in [0.15, 0.2) is 5.96 Å². The molecule has 0 aliphatic carbocycles. The van der Waals surface area contributed by atoms with Crippen molar-refractivity contribution in [2.45, 2.75) is 13.0 Å². The van der Waals surface area contributed by atoms with Gasteiger partial charge in [0.2, 0.25) is 5.91 Å². The molecule has 2 aromatic carbocycles. The Morgan fingerprint density at radius 2 is 1.74 bits per heavy atom. The van der Waals surface area contributed by atoms with Gasteiger partial charge in [-0.1, -0.05) is 66.7 Å². The third-order valence-corrected chi connectivity index (χ3v) is 4.60. The molecule has 2 aromatic rings. The Bertz CT molecular complexity index is 800. The van der Waals surface area contributed by atoms with Crippen molar-refractivity contribution in [2.24, 2.45) is 4.99 Å². The van der Waals surface area contributed by atoms with Crippen molar-refractivity contribution in [3.05, 3.63) is 77.9 Å². The van der Waals surface area contributed by atoms with Crippen molar-refractivity contribution >= 4 is 17.4 Å². The van der Waals surface area contributed by atoms with E-state index < -0.39 is 0 Å². The van der Waals surface area contributed by atoms with E-state index in [9.17, 15) is 4.79 Å². The van der Waals surface area contributed by atoms with E-state index in [4.69, 9.17) is 0 Å². The lowest BCUT2D eigenvalue weighted by Crippen LogP contribution is -2.46. The number of guanidine groups is 1. The van der Waals surface area contributed by atoms with E-state index in [2.05, 4.69) is 50.9 Å². The van der Waals surface area contributed by atoms with Gasteiger partial charge in [-0.3, -0.25) is 9.79 Å². The summed E-state index contributed by atoms with van der Waals surface area (Å²) in [7, 11) is 1.75. The van der Waals surface area contributed by atoms with E-state index >= 15 is 0 Å². The number of carbonyl (C=O) groups excluding carboxylic acids is 1. The van der Waals surface area contributed by atoms with E-state index in [1.807, 2.05) is 36.4 Å². The van der Waals surface area contributed by atoms with Crippen molar-refractivity contribution in [1.82, 2.24) is 15.5 Å². The van der Waals surface area contributed by atoms with Crippen LogP contribution >= 0.6 is 0 Å². The molecule has 0 radical (unpaired) electrons. The second kappa shape index (κ2) is 9.57. The fraction of sp³-hybridized carbons (Fsp3) is 0.273. The van der Waals surface area contributed by atoms with Crippen molar-refractivity contribution in [3.63, 3.8) is 0 Å². The van der Waals surface area contributed by atoms with Gasteiger partial charge in [-0.2, -0.15) is 0 Å². The maximum Gasteiger partial charge on any atom is 0.239 e. The molecule has 1 aliphatic heterocycles. The third-order valence-electron chi connectivity index (χ3n) is 4.60. The Labute approximate surface area is 160 Å². The monoisotopic (exact) mass is 362 g/mol. The van der Waals surface area contributed by atoms with Crippen LogP contribution in [0.5, 0.6) is 0 Å². The van der Waals surface area contributed by atoms with Gasteiger partial charge in [-0.25, -0.2) is 0 Å². The summed E-state index contributed by atoms with van der Waals surface area (Å²) in [5, 5.41) is 6.09. The number of hydrogen-bond acceptors (Lipinski definition) is 2. The molecule has 1 amide bonds. The molecule has 2 N–H and O–H groups in total. The molecule has 0 unspecified atom stereocenters. The molecule has 0 saturated heterocycles. The first kappa shape index (κ1) is 18.7. The maximum atomic E-state index is 12.1. The number of nitrogens with one attached hydrogen (secondary N) is 2. The van der Waals surface area contributed by atoms with Crippen LogP contribution in [0, 0.1) is 0 Å². The maximum absolute atomic E-state index is 12.1. The van der Waals surface area contributed by atoms with Crippen LogP contribution in [0.2, 0.25) is 0 Å². The molecule has 1 aliphatic rings. The van der Waals surface area contributed by atoms with Gasteiger partial charge in [0.25, 0.3) is 0 Å². The van der Waals surface area contributed by atoms with Gasteiger partial charge >= 0.3 is 0 Å². The fourth-order valence-electron chi connectivity index (χ4n) is 3.13. The minimum atomic E-state index is -0.0440. The highest BCUT2D eigenvalue weighted by Crippen LogP contribution is 2.21. The van der Waals surface area contributed by atoms with Crippen LogP contribution in [0.15, 0.2) is 71.7 Å². The standard InChI is InChI=1S/C22H26N4O/c1-23-22(25-17-21(27)24-16-18-8-4-2-5-9-18)26-14-12-20(13-15-26)19-10-6-3-7-11-19/h2-12H,13-17H2,1H3,(H,23,25)(H,24,27). The molecule has 0 bridgehead atoms. The molecule has 140 valence electrons. The molecule has 5 heteroatoms. The van der Waals surface area contributed by atoms with Crippen LogP contribution in [0.1, 0.15) is 17.5 Å². The predicted molar refractivity (Wildman–Crippen MR) is 110 cm³/mol. The summed E-state index contributed by atoms with van der Waals surface area (Å²) in [6, 6.07) is 20.4. The second-order valence-electron chi connectivity index (χ2n) is 6.45. The number of benzene rings is 2. The molecular weight excluding hydrogens is 336 g/mol. The molecule has 0 aromatic heterocycles. The fourth-order valence-corrected chi connectivity index (χ4v) is 3.13. The van der Waals surface area contributed by atoms with Crippen molar-refractivity contribution in [2.75, 3.05) is 26.7 Å². The number of hydrogen-bond donors (Lipinski definition) is 2. The largest absolute Gasteiger partial charge is 0.350 e. The number of aliphatic imine (C=N–C) groups is 1. The van der Waals surface area contributed by atoms with E-state index in [0.29, 0.717) is 6.54 Å². The van der Waals surface area contributed by atoms with Crippen molar-refractivity contribution < 1.29 is 4.79 Å². The zero-order valence-electron chi connectivity index (χ0n) is 15.7. The topological polar surface area (TPSA) is 56.7 Å². The lowest BCUT2D eigenvalue weighted by Gasteiger charge is -2.29. The summed E-state index contributed by atoms with van der Waals surface area (Å²) >= 11 is 0. The Balaban J connectivity index is 1.47. The summed E-state index contributed by atoms with van der Waals surface area (Å²) < 4.78 is 0. The minimum absolute atomic E-state index is 0.0440. The van der Waals surface area contributed by atoms with Gasteiger partial charge in [-0.15, -0.1) is 0 Å². The summed E-state index contributed by atoms with van der Waals surface area (Å²) in [6.45, 7) is 2.42. The molecule has 0 atom stereocenters. The first-order valence-electron chi connectivity index (χ1n) is 9.27. The zero-order valence-corrected chi connectivity index (χ0v) is 15.7. The molecule has 0 spiro atoms. The highest BCUT2D eigenvalue weighted by atomic mass is 16.1. The first-order valence-corrected chi connectivity index (χ1v) is 9.27. The van der Waals surface area contributed by atoms with Crippen LogP contribution in [0.4, 0.5) is 0 Å². The summed E-state index contributed by atoms with van der Waals surface area (Å²) in [5.74, 6) is 0.714. The van der Waals surface area contributed by atoms with E-state index in [-0.39, 0.29) is 12.5 Å². The van der Waals surface area contributed by atoms with Crippen molar-refractivity contribution in [1.29, 1.82) is 0 Å². The van der Waals surface area contributed by atoms with Crippen LogP contribution in [-0.2, 0) is 11.3 Å². The Morgan fingerprint density at radius 1 is 1.04 bits per heavy atom. The molecule has 3 rings (SSSR count). The minimum Gasteiger partial charge on any atom is -0.350 e. The average molecular weight is 362 g/mol. The van der Waals surface area contributed by atoms with Gasteiger partial charge in [-0.05, 0) is 23.1 Å². The van der Waals surface area contributed by atoms with E-state index in [1.165, 1.54) is 11.1 Å². The smallest absolute Gasteiger partial charge is 0.239 e. The predicted octanol–water partition coefficient (Wildman–Crippen LogP) is 2.67. The van der Waals surface area contributed by atoms with Crippen LogP contribution in [-0.4, -0.2) is 43.4 Å². The van der Waals surface area contributed by atoms with E-state index in [0.717, 1.165) is 31.0 Å². The Morgan fingerprint density at radius 3 is 2.37 bits per heavy atom. The lowest BCUT2D eigenvalue weighted by atomic mass is 10.00. The molecular formula is C22H26N4O. The zero-order chi connectivity index (χ0) is 18.9. The summed E-state index contributed by atoms with van der Waals surface area (Å²) in [4.78, 5) is 18.6. The first-order chi connectivity index (χ1) is 13.3. The van der Waals surface area contributed by atoms with Gasteiger partial charge in [0, 0.05) is 26.7 Å². The van der Waals surface area contributed by atoms with Gasteiger partial charge in [0.1, 0.15) is 0 Å². The lowest BCUT2D eigenvalue weighted by molar-refractivity contribution is -0.120. The third kappa shape index (κ3) is 5.45. The quantitative estimate of drug-likeness (QED) is 0.635. The normalized spacial score (nSPS) is 14.5. The van der Waals surface area contributed by atoms with Gasteiger partial charge in [0.05, 0.1) is 6.54 Å². The van der Waals surface area contributed by atoms with Gasteiger partial charge < -0.3 is 15.5 Å². The SMILES string of the molecule is CN=C(NCC(=O)NCc1ccccc1)N1CC=C(c2ccccc2)CC1. The number of amides is 1. The molecule has 0 fully saturated rings. The van der Waals surface area contributed by atoms with Crippen LogP contribution in [0.3, 0.4) is 0 Å². The highest BCUT2D eigenvalue weighted by Gasteiger charge is 2.16. The molecule has 1 heterocycles. The Hall–Kier alpha value is -3.08. The molecule has 5 nitrogen and oxygen atoms in total. The van der Waals surface area contributed by atoms with Crippen LogP contribution in [0.25, 0.3) is 5.57 Å². The number of nitrogens with zero attached hydrogens (tertiary/aromatic N) is 2. The summed E-state index contributed by atoms with van der Waals surface area (Å²) in [6.07, 6.45) is 3.20.